The number of rotatable bonds is 12. The Morgan fingerprint density at radius 1 is 0.524 bits per heavy atom. The van der Waals surface area contributed by atoms with Gasteiger partial charge in [0.15, 0.2) is 0 Å². The molecule has 0 aliphatic rings. The van der Waals surface area contributed by atoms with Gasteiger partial charge in [0.2, 0.25) is 0 Å². The minimum atomic E-state index is 1.12. The number of imidazole rings is 2. The van der Waals surface area contributed by atoms with E-state index < -0.39 is 0 Å². The zero-order valence-corrected chi connectivity index (χ0v) is 13.0. The quantitative estimate of drug-likeness (QED) is 0.546. The molecule has 0 saturated carbocycles. The number of aryl methyl sites for hydroxylation is 2. The summed E-state index contributed by atoms with van der Waals surface area (Å²) in [5.74, 6) is 0. The van der Waals surface area contributed by atoms with E-state index in [9.17, 15) is 0 Å². The molecule has 0 N–H and O–H groups in total. The van der Waals surface area contributed by atoms with Gasteiger partial charge in [-0.3, -0.25) is 0 Å². The van der Waals surface area contributed by atoms with Crippen LogP contribution in [0.15, 0.2) is 37.4 Å². The van der Waals surface area contributed by atoms with Gasteiger partial charge in [0.05, 0.1) is 12.7 Å². The fraction of sp³-hybridized carbons (Fsp3) is 0.647. The maximum Gasteiger partial charge on any atom is 0.0945 e. The predicted octanol–water partition coefficient (Wildman–Crippen LogP) is 4.29. The fourth-order valence-electron chi connectivity index (χ4n) is 2.66. The van der Waals surface area contributed by atoms with Gasteiger partial charge in [-0.25, -0.2) is 9.97 Å². The molecule has 4 nitrogen and oxygen atoms in total. The van der Waals surface area contributed by atoms with Crippen LogP contribution in [0.1, 0.15) is 57.8 Å². The minimum absolute atomic E-state index is 1.12. The molecule has 0 fully saturated rings. The standard InChI is InChI=1S/C17H28N4/c1(2-4-6-8-12-20-14-10-18-16-20)3-5-7-9-13-21-15-11-19-17-21/h10-11,14-17H,1-9,12-13H2. The molecule has 0 unspecified atom stereocenters. The van der Waals surface area contributed by atoms with Gasteiger partial charge in [-0.05, 0) is 12.8 Å². The van der Waals surface area contributed by atoms with Crippen LogP contribution in [-0.2, 0) is 13.1 Å². The normalized spacial score (nSPS) is 11.0. The van der Waals surface area contributed by atoms with E-state index >= 15 is 0 Å². The molecule has 0 radical (unpaired) electrons. The number of unbranched alkanes of at least 4 members (excludes halogenated alkanes) is 8. The van der Waals surface area contributed by atoms with Crippen LogP contribution in [-0.4, -0.2) is 19.1 Å². The molecule has 0 bridgehead atoms. The van der Waals surface area contributed by atoms with E-state index in [2.05, 4.69) is 19.1 Å². The third kappa shape index (κ3) is 7.11. The van der Waals surface area contributed by atoms with Crippen molar-refractivity contribution in [2.75, 3.05) is 0 Å². The van der Waals surface area contributed by atoms with Crippen molar-refractivity contribution in [3.8, 4) is 0 Å². The fourth-order valence-corrected chi connectivity index (χ4v) is 2.66. The van der Waals surface area contributed by atoms with E-state index in [0.717, 1.165) is 13.1 Å². The first-order valence-electron chi connectivity index (χ1n) is 8.36. The molecule has 0 saturated heterocycles. The van der Waals surface area contributed by atoms with Gasteiger partial charge in [-0.15, -0.1) is 0 Å². The summed E-state index contributed by atoms with van der Waals surface area (Å²) in [6.07, 6.45) is 23.8. The molecule has 2 heterocycles. The number of hydrogen-bond donors (Lipinski definition) is 0. The summed E-state index contributed by atoms with van der Waals surface area (Å²) >= 11 is 0. The Bertz CT molecular complexity index is 391. The third-order valence-corrected chi connectivity index (χ3v) is 3.95. The maximum absolute atomic E-state index is 4.06. The van der Waals surface area contributed by atoms with Crippen molar-refractivity contribution in [2.24, 2.45) is 0 Å². The van der Waals surface area contributed by atoms with Gasteiger partial charge in [0.1, 0.15) is 0 Å². The second-order valence-electron chi connectivity index (χ2n) is 5.78. The molecule has 4 heteroatoms. The second-order valence-corrected chi connectivity index (χ2v) is 5.78. The van der Waals surface area contributed by atoms with E-state index in [1.807, 2.05) is 37.4 Å². The van der Waals surface area contributed by atoms with Crippen molar-refractivity contribution in [3.05, 3.63) is 37.4 Å². The molecule has 0 atom stereocenters. The van der Waals surface area contributed by atoms with Gasteiger partial charge < -0.3 is 9.13 Å². The minimum Gasteiger partial charge on any atom is -0.337 e. The maximum atomic E-state index is 4.06. The second kappa shape index (κ2) is 10.2. The van der Waals surface area contributed by atoms with Crippen LogP contribution >= 0.6 is 0 Å². The van der Waals surface area contributed by atoms with Crippen LogP contribution in [0, 0.1) is 0 Å². The Morgan fingerprint density at radius 3 is 1.24 bits per heavy atom. The summed E-state index contributed by atoms with van der Waals surface area (Å²) in [6.45, 7) is 2.24. The lowest BCUT2D eigenvalue weighted by Crippen LogP contribution is -1.94. The molecule has 0 aromatic carbocycles. The van der Waals surface area contributed by atoms with Crippen LogP contribution in [0.2, 0.25) is 0 Å². The summed E-state index contributed by atoms with van der Waals surface area (Å²) in [6, 6.07) is 0. The first-order chi connectivity index (χ1) is 10.4. The highest BCUT2D eigenvalue weighted by Gasteiger charge is 1.95. The Morgan fingerprint density at radius 2 is 0.905 bits per heavy atom. The lowest BCUT2D eigenvalue weighted by molar-refractivity contribution is 0.523. The van der Waals surface area contributed by atoms with Crippen molar-refractivity contribution in [3.63, 3.8) is 0 Å². The molecule has 2 aromatic heterocycles. The third-order valence-electron chi connectivity index (χ3n) is 3.95. The first-order valence-corrected chi connectivity index (χ1v) is 8.36. The highest BCUT2D eigenvalue weighted by atomic mass is 15.0. The molecule has 2 rings (SSSR count). The van der Waals surface area contributed by atoms with Crippen molar-refractivity contribution in [1.29, 1.82) is 0 Å². The van der Waals surface area contributed by atoms with Gasteiger partial charge in [-0.1, -0.05) is 44.9 Å². The zero-order chi connectivity index (χ0) is 14.6. The highest BCUT2D eigenvalue weighted by molar-refractivity contribution is 4.74. The molecular weight excluding hydrogens is 260 g/mol. The van der Waals surface area contributed by atoms with Gasteiger partial charge in [0, 0.05) is 37.9 Å². The van der Waals surface area contributed by atoms with E-state index in [1.54, 1.807) is 0 Å². The van der Waals surface area contributed by atoms with Gasteiger partial charge in [0.25, 0.3) is 0 Å². The number of aromatic nitrogens is 4. The van der Waals surface area contributed by atoms with Gasteiger partial charge in [-0.2, -0.15) is 0 Å². The first kappa shape index (κ1) is 15.8. The smallest absolute Gasteiger partial charge is 0.0945 e. The van der Waals surface area contributed by atoms with Crippen LogP contribution in [0.5, 0.6) is 0 Å². The van der Waals surface area contributed by atoms with Crippen LogP contribution in [0.3, 0.4) is 0 Å². The number of nitrogens with zero attached hydrogens (tertiary/aromatic N) is 4. The molecule has 116 valence electrons. The Balaban J connectivity index is 1.31. The topological polar surface area (TPSA) is 35.6 Å². The Labute approximate surface area is 128 Å². The van der Waals surface area contributed by atoms with Crippen LogP contribution in [0.4, 0.5) is 0 Å². The van der Waals surface area contributed by atoms with E-state index in [4.69, 9.17) is 0 Å². The SMILES string of the molecule is c1cn(CCCCCCCCCCCn2ccnc2)cn1. The highest BCUT2D eigenvalue weighted by Crippen LogP contribution is 2.10. The zero-order valence-electron chi connectivity index (χ0n) is 13.0. The van der Waals surface area contributed by atoms with E-state index in [1.165, 1.54) is 57.8 Å². The predicted molar refractivity (Wildman–Crippen MR) is 86.0 cm³/mol. The molecule has 0 spiro atoms. The molecule has 0 amide bonds. The van der Waals surface area contributed by atoms with Crippen molar-refractivity contribution in [2.45, 2.75) is 70.9 Å². The molecule has 21 heavy (non-hydrogen) atoms. The van der Waals surface area contributed by atoms with Crippen LogP contribution < -0.4 is 0 Å². The monoisotopic (exact) mass is 288 g/mol. The molecule has 0 aliphatic carbocycles. The summed E-state index contributed by atoms with van der Waals surface area (Å²) in [4.78, 5) is 8.12. The van der Waals surface area contributed by atoms with Crippen LogP contribution in [0.25, 0.3) is 0 Å². The van der Waals surface area contributed by atoms with E-state index in [-0.39, 0.29) is 0 Å². The van der Waals surface area contributed by atoms with Crippen molar-refractivity contribution < 1.29 is 0 Å². The lowest BCUT2D eigenvalue weighted by atomic mass is 10.1. The van der Waals surface area contributed by atoms with Gasteiger partial charge >= 0.3 is 0 Å². The lowest BCUT2D eigenvalue weighted by Gasteiger charge is -2.04. The summed E-state index contributed by atoms with van der Waals surface area (Å²) < 4.78 is 4.33. The molecule has 2 aromatic rings. The summed E-state index contributed by atoms with van der Waals surface area (Å²) in [5, 5.41) is 0. The largest absolute Gasteiger partial charge is 0.337 e. The van der Waals surface area contributed by atoms with Crippen molar-refractivity contribution in [1.82, 2.24) is 19.1 Å². The summed E-state index contributed by atoms with van der Waals surface area (Å²) in [5.41, 5.74) is 0. The Kier molecular flexibility index (Phi) is 7.67. The Hall–Kier alpha value is -1.58. The average Bonchev–Trinajstić information content (AvgIpc) is 3.18. The average molecular weight is 288 g/mol. The van der Waals surface area contributed by atoms with Crippen molar-refractivity contribution >= 4 is 0 Å². The molecular formula is C17H28N4. The van der Waals surface area contributed by atoms with E-state index in [0.29, 0.717) is 0 Å². The molecule has 0 aliphatic heterocycles. The summed E-state index contributed by atoms with van der Waals surface area (Å²) in [7, 11) is 0. The number of hydrogen-bond acceptors (Lipinski definition) is 2.